The Morgan fingerprint density at radius 3 is 2.50 bits per heavy atom. The highest BCUT2D eigenvalue weighted by Crippen LogP contribution is 2.18. The first kappa shape index (κ1) is 14.6. The quantitative estimate of drug-likeness (QED) is 0.912. The lowest BCUT2D eigenvalue weighted by molar-refractivity contribution is 0.0929. The van der Waals surface area contributed by atoms with E-state index < -0.39 is 0 Å². The number of benzene rings is 1. The summed E-state index contributed by atoms with van der Waals surface area (Å²) in [7, 11) is 0. The summed E-state index contributed by atoms with van der Waals surface area (Å²) in [5.74, 6) is -0.0265. The lowest BCUT2D eigenvalue weighted by atomic mass is 9.96. The van der Waals surface area contributed by atoms with Gasteiger partial charge in [0.05, 0.1) is 12.5 Å². The molecular weight excluding hydrogens is 248 g/mol. The summed E-state index contributed by atoms with van der Waals surface area (Å²) in [6, 6.07) is 9.81. The van der Waals surface area contributed by atoms with E-state index >= 15 is 0 Å². The number of rotatable bonds is 3. The largest absolute Gasteiger partial charge is 0.349 e. The molecule has 0 unspecified atom stereocenters. The molecule has 0 atom stereocenters. The number of hydrogen-bond acceptors (Lipinski definition) is 2. The fourth-order valence-electron chi connectivity index (χ4n) is 2.84. The van der Waals surface area contributed by atoms with Gasteiger partial charge in [-0.25, -0.2) is 0 Å². The van der Waals surface area contributed by atoms with Crippen molar-refractivity contribution in [2.45, 2.75) is 57.4 Å². The van der Waals surface area contributed by atoms with Gasteiger partial charge >= 0.3 is 0 Å². The Labute approximate surface area is 121 Å². The predicted molar refractivity (Wildman–Crippen MR) is 79.3 cm³/mol. The molecule has 20 heavy (non-hydrogen) atoms. The Morgan fingerprint density at radius 2 is 1.80 bits per heavy atom. The molecule has 0 aliphatic heterocycles. The highest BCUT2D eigenvalue weighted by molar-refractivity contribution is 5.95. The van der Waals surface area contributed by atoms with Gasteiger partial charge in [0, 0.05) is 11.6 Å². The van der Waals surface area contributed by atoms with Crippen molar-refractivity contribution in [1.29, 1.82) is 5.26 Å². The van der Waals surface area contributed by atoms with Gasteiger partial charge in [0.15, 0.2) is 0 Å². The Morgan fingerprint density at radius 1 is 1.15 bits per heavy atom. The topological polar surface area (TPSA) is 52.9 Å². The van der Waals surface area contributed by atoms with Gasteiger partial charge in [0.2, 0.25) is 0 Å². The molecule has 106 valence electrons. The van der Waals surface area contributed by atoms with E-state index in [9.17, 15) is 4.79 Å². The first-order chi connectivity index (χ1) is 9.81. The molecule has 3 nitrogen and oxygen atoms in total. The van der Waals surface area contributed by atoms with Crippen molar-refractivity contribution < 1.29 is 4.79 Å². The van der Waals surface area contributed by atoms with Crippen molar-refractivity contribution in [3.8, 4) is 6.07 Å². The molecule has 3 heteroatoms. The van der Waals surface area contributed by atoms with Crippen LogP contribution in [0, 0.1) is 11.3 Å². The lowest BCUT2D eigenvalue weighted by Gasteiger charge is -2.21. The maximum absolute atomic E-state index is 12.4. The first-order valence-electron chi connectivity index (χ1n) is 7.57. The summed E-state index contributed by atoms with van der Waals surface area (Å²) in [6.07, 6.45) is 8.71. The van der Waals surface area contributed by atoms with E-state index in [4.69, 9.17) is 5.26 Å². The van der Waals surface area contributed by atoms with E-state index in [-0.39, 0.29) is 18.4 Å². The average Bonchev–Trinajstić information content (AvgIpc) is 2.42. The number of nitriles is 1. The van der Waals surface area contributed by atoms with Crippen molar-refractivity contribution in [3.63, 3.8) is 0 Å². The number of amides is 1. The fourth-order valence-corrected chi connectivity index (χ4v) is 2.84. The van der Waals surface area contributed by atoms with Crippen LogP contribution in [-0.2, 0) is 6.42 Å². The summed E-state index contributed by atoms with van der Waals surface area (Å²) in [4.78, 5) is 12.4. The molecule has 0 aromatic heterocycles. The molecule has 2 rings (SSSR count). The fraction of sp³-hybridized carbons (Fsp3) is 0.529. The van der Waals surface area contributed by atoms with E-state index in [0.717, 1.165) is 18.4 Å². The zero-order valence-electron chi connectivity index (χ0n) is 11.9. The van der Waals surface area contributed by atoms with Crippen LogP contribution in [-0.4, -0.2) is 11.9 Å². The molecule has 0 bridgehead atoms. The summed E-state index contributed by atoms with van der Waals surface area (Å²) in [5.41, 5.74) is 1.47. The molecule has 1 aromatic carbocycles. The molecule has 1 aliphatic carbocycles. The third kappa shape index (κ3) is 4.09. The van der Waals surface area contributed by atoms with Crippen molar-refractivity contribution in [2.75, 3.05) is 0 Å². The summed E-state index contributed by atoms with van der Waals surface area (Å²) >= 11 is 0. The van der Waals surface area contributed by atoms with Crippen molar-refractivity contribution in [1.82, 2.24) is 5.32 Å². The number of carbonyl (C=O) groups is 1. The van der Waals surface area contributed by atoms with Gasteiger partial charge in [-0.1, -0.05) is 50.3 Å². The van der Waals surface area contributed by atoms with Crippen LogP contribution in [0.2, 0.25) is 0 Å². The van der Waals surface area contributed by atoms with Gasteiger partial charge in [-0.05, 0) is 24.5 Å². The second-order valence-corrected chi connectivity index (χ2v) is 5.51. The molecule has 1 N–H and O–H groups in total. The van der Waals surface area contributed by atoms with E-state index in [1.54, 1.807) is 0 Å². The van der Waals surface area contributed by atoms with Crippen LogP contribution in [0.5, 0.6) is 0 Å². The van der Waals surface area contributed by atoms with Crippen LogP contribution in [0.4, 0.5) is 0 Å². The molecule has 1 saturated carbocycles. The van der Waals surface area contributed by atoms with Gasteiger partial charge in [-0.3, -0.25) is 4.79 Å². The summed E-state index contributed by atoms with van der Waals surface area (Å²) in [6.45, 7) is 0. The first-order valence-corrected chi connectivity index (χ1v) is 7.57. The van der Waals surface area contributed by atoms with Crippen LogP contribution in [0.15, 0.2) is 24.3 Å². The molecule has 1 aromatic rings. The third-order valence-electron chi connectivity index (χ3n) is 3.97. The van der Waals surface area contributed by atoms with E-state index in [1.807, 2.05) is 24.3 Å². The molecule has 1 aliphatic rings. The number of nitrogens with zero attached hydrogens (tertiary/aromatic N) is 1. The zero-order chi connectivity index (χ0) is 14.2. The van der Waals surface area contributed by atoms with Gasteiger partial charge in [0.1, 0.15) is 0 Å². The normalized spacial score (nSPS) is 16.8. The van der Waals surface area contributed by atoms with Gasteiger partial charge in [-0.15, -0.1) is 0 Å². The molecular formula is C17H22N2O. The number of hydrogen-bond donors (Lipinski definition) is 1. The minimum atomic E-state index is -0.0265. The maximum atomic E-state index is 12.4. The van der Waals surface area contributed by atoms with Crippen LogP contribution < -0.4 is 5.32 Å². The minimum Gasteiger partial charge on any atom is -0.349 e. The van der Waals surface area contributed by atoms with Crippen LogP contribution in [0.25, 0.3) is 0 Å². The molecule has 0 spiro atoms. The predicted octanol–water partition coefficient (Wildman–Crippen LogP) is 3.60. The summed E-state index contributed by atoms with van der Waals surface area (Å²) < 4.78 is 0. The van der Waals surface area contributed by atoms with Crippen molar-refractivity contribution in [2.24, 2.45) is 0 Å². The van der Waals surface area contributed by atoms with Crippen molar-refractivity contribution in [3.05, 3.63) is 35.4 Å². The number of carbonyl (C=O) groups excluding carboxylic acids is 1. The van der Waals surface area contributed by atoms with Gasteiger partial charge in [-0.2, -0.15) is 5.26 Å². The standard InChI is InChI=1S/C17H22N2O/c18-13-12-14-8-6-7-11-16(14)17(20)19-15-9-4-2-1-3-5-10-15/h6-8,11,15H,1-5,9-10,12H2,(H,19,20). The minimum absolute atomic E-state index is 0.0265. The molecule has 0 radical (unpaired) electrons. The Bertz CT molecular complexity index is 482. The van der Waals surface area contributed by atoms with Gasteiger partial charge in [0.25, 0.3) is 5.91 Å². The molecule has 0 heterocycles. The lowest BCUT2D eigenvalue weighted by Crippen LogP contribution is -2.35. The van der Waals surface area contributed by atoms with Gasteiger partial charge < -0.3 is 5.32 Å². The molecule has 1 amide bonds. The highest BCUT2D eigenvalue weighted by Gasteiger charge is 2.16. The smallest absolute Gasteiger partial charge is 0.251 e. The summed E-state index contributed by atoms with van der Waals surface area (Å²) in [5, 5.41) is 12.0. The number of nitrogens with one attached hydrogen (secondary N) is 1. The van der Waals surface area contributed by atoms with E-state index in [2.05, 4.69) is 11.4 Å². The SMILES string of the molecule is N#CCc1ccccc1C(=O)NC1CCCCCCC1. The van der Waals surface area contributed by atoms with E-state index in [1.165, 1.54) is 32.1 Å². The Hall–Kier alpha value is -1.82. The maximum Gasteiger partial charge on any atom is 0.251 e. The van der Waals surface area contributed by atoms with Crippen LogP contribution in [0.1, 0.15) is 60.9 Å². The van der Waals surface area contributed by atoms with Crippen LogP contribution >= 0.6 is 0 Å². The third-order valence-corrected chi connectivity index (χ3v) is 3.97. The Kier molecular flexibility index (Phi) is 5.61. The van der Waals surface area contributed by atoms with Crippen molar-refractivity contribution >= 4 is 5.91 Å². The molecule has 0 saturated heterocycles. The van der Waals surface area contributed by atoms with E-state index in [0.29, 0.717) is 5.56 Å². The molecule has 1 fully saturated rings. The second kappa shape index (κ2) is 7.69. The van der Waals surface area contributed by atoms with Crippen LogP contribution in [0.3, 0.4) is 0 Å². The monoisotopic (exact) mass is 270 g/mol. The zero-order valence-corrected chi connectivity index (χ0v) is 11.9. The average molecular weight is 270 g/mol. The highest BCUT2D eigenvalue weighted by atomic mass is 16.1. The second-order valence-electron chi connectivity index (χ2n) is 5.51. The Balaban J connectivity index is 2.01.